The van der Waals surface area contributed by atoms with Gasteiger partial charge in [0, 0.05) is 56.2 Å². The van der Waals surface area contributed by atoms with Crippen molar-refractivity contribution in [1.82, 2.24) is 34.4 Å². The minimum absolute atomic E-state index is 0.0804. The Morgan fingerprint density at radius 2 is 1.76 bits per heavy atom. The molecule has 0 spiro atoms. The first kappa shape index (κ1) is 21.6. The van der Waals surface area contributed by atoms with Crippen molar-refractivity contribution in [3.05, 3.63) is 29.3 Å². The van der Waals surface area contributed by atoms with E-state index in [4.69, 9.17) is 17.3 Å². The third-order valence-corrected chi connectivity index (χ3v) is 5.29. The van der Waals surface area contributed by atoms with E-state index in [0.717, 1.165) is 48.9 Å². The molecule has 0 aromatic carbocycles. The van der Waals surface area contributed by atoms with Gasteiger partial charge in [-0.05, 0) is 52.0 Å². The lowest BCUT2D eigenvalue weighted by atomic mass is 10.1. The van der Waals surface area contributed by atoms with Crippen LogP contribution in [0.5, 0.6) is 0 Å². The average molecular weight is 418 g/mol. The van der Waals surface area contributed by atoms with Crippen LogP contribution in [0, 0.1) is 4.77 Å². The normalized spacial score (nSPS) is 16.1. The fourth-order valence-corrected chi connectivity index (χ4v) is 3.79. The van der Waals surface area contributed by atoms with Crippen LogP contribution < -0.4 is 5.32 Å². The molecule has 0 bridgehead atoms. The summed E-state index contributed by atoms with van der Waals surface area (Å²) >= 11 is 5.67. The molecule has 1 saturated heterocycles. The maximum atomic E-state index is 12.2. The molecular weight excluding hydrogens is 386 g/mol. The van der Waals surface area contributed by atoms with E-state index in [2.05, 4.69) is 31.6 Å². The molecule has 0 aliphatic carbocycles. The van der Waals surface area contributed by atoms with E-state index >= 15 is 0 Å². The SMILES string of the molecule is CCn1c(-c2ccncc2)nn(CN2CCN(CC(=O)NC(C)(C)C)CC2)c1=S. The summed E-state index contributed by atoms with van der Waals surface area (Å²) in [6.45, 7) is 13.4. The number of aromatic nitrogens is 4. The zero-order valence-corrected chi connectivity index (χ0v) is 18.6. The maximum Gasteiger partial charge on any atom is 0.234 e. The van der Waals surface area contributed by atoms with Gasteiger partial charge in [0.2, 0.25) is 5.91 Å². The van der Waals surface area contributed by atoms with Gasteiger partial charge in [-0.3, -0.25) is 19.6 Å². The molecule has 2 aromatic heterocycles. The lowest BCUT2D eigenvalue weighted by Gasteiger charge is -2.34. The molecule has 1 aliphatic heterocycles. The van der Waals surface area contributed by atoms with Gasteiger partial charge in [0.15, 0.2) is 10.6 Å². The highest BCUT2D eigenvalue weighted by Crippen LogP contribution is 2.18. The standard InChI is InChI=1S/C20H31N7OS/c1-5-26-18(16-6-8-21-9-7-16)23-27(19(26)29)15-25-12-10-24(11-13-25)14-17(28)22-20(2,3)4/h6-9H,5,10-15H2,1-4H3,(H,22,28). The van der Waals surface area contributed by atoms with Gasteiger partial charge in [-0.15, -0.1) is 0 Å². The van der Waals surface area contributed by atoms with Crippen LogP contribution in [-0.4, -0.2) is 73.3 Å². The summed E-state index contributed by atoms with van der Waals surface area (Å²) in [7, 11) is 0. The average Bonchev–Trinajstić information content (AvgIpc) is 2.98. The fourth-order valence-electron chi connectivity index (χ4n) is 3.47. The Kier molecular flexibility index (Phi) is 6.81. The molecule has 3 heterocycles. The van der Waals surface area contributed by atoms with Gasteiger partial charge in [0.05, 0.1) is 13.2 Å². The summed E-state index contributed by atoms with van der Waals surface area (Å²) in [5.41, 5.74) is 0.821. The summed E-state index contributed by atoms with van der Waals surface area (Å²) in [6, 6.07) is 3.91. The van der Waals surface area contributed by atoms with Gasteiger partial charge in [-0.25, -0.2) is 4.68 Å². The number of rotatable bonds is 6. The number of nitrogens with one attached hydrogen (secondary N) is 1. The lowest BCUT2D eigenvalue weighted by Crippen LogP contribution is -2.51. The Bertz CT molecular complexity index is 876. The molecular formula is C20H31N7OS. The molecule has 1 fully saturated rings. The Hall–Kier alpha value is -2.10. The van der Waals surface area contributed by atoms with Crippen molar-refractivity contribution >= 4 is 18.1 Å². The number of amides is 1. The zero-order valence-electron chi connectivity index (χ0n) is 17.8. The molecule has 29 heavy (non-hydrogen) atoms. The summed E-state index contributed by atoms with van der Waals surface area (Å²) in [6.07, 6.45) is 3.54. The molecule has 8 nitrogen and oxygen atoms in total. The number of pyridine rings is 1. The first-order valence-corrected chi connectivity index (χ1v) is 10.5. The van der Waals surface area contributed by atoms with E-state index in [0.29, 0.717) is 13.2 Å². The van der Waals surface area contributed by atoms with Gasteiger partial charge < -0.3 is 9.88 Å². The van der Waals surface area contributed by atoms with Gasteiger partial charge >= 0.3 is 0 Å². The van der Waals surface area contributed by atoms with Crippen LogP contribution in [0.2, 0.25) is 0 Å². The van der Waals surface area contributed by atoms with Crippen LogP contribution in [0.15, 0.2) is 24.5 Å². The molecule has 1 aliphatic rings. The van der Waals surface area contributed by atoms with Crippen LogP contribution in [-0.2, 0) is 18.0 Å². The summed E-state index contributed by atoms with van der Waals surface area (Å²) < 4.78 is 4.68. The van der Waals surface area contributed by atoms with Gasteiger partial charge in [0.1, 0.15) is 0 Å². The molecule has 0 unspecified atom stereocenters. The Morgan fingerprint density at radius 1 is 1.14 bits per heavy atom. The van der Waals surface area contributed by atoms with E-state index in [1.54, 1.807) is 12.4 Å². The number of hydrogen-bond donors (Lipinski definition) is 1. The molecule has 0 atom stereocenters. The Labute approximate surface area is 177 Å². The van der Waals surface area contributed by atoms with Crippen molar-refractivity contribution in [3.8, 4) is 11.4 Å². The molecule has 9 heteroatoms. The van der Waals surface area contributed by atoms with Crippen molar-refractivity contribution in [2.75, 3.05) is 32.7 Å². The van der Waals surface area contributed by atoms with Crippen molar-refractivity contribution in [2.45, 2.75) is 46.4 Å². The van der Waals surface area contributed by atoms with E-state index < -0.39 is 0 Å². The molecule has 158 valence electrons. The largest absolute Gasteiger partial charge is 0.350 e. The van der Waals surface area contributed by atoms with E-state index in [1.807, 2.05) is 37.6 Å². The summed E-state index contributed by atoms with van der Waals surface area (Å²) in [5.74, 6) is 0.953. The number of carbonyl (C=O) groups excluding carboxylic acids is 1. The van der Waals surface area contributed by atoms with Gasteiger partial charge in [-0.1, -0.05) is 0 Å². The maximum absolute atomic E-state index is 12.2. The van der Waals surface area contributed by atoms with Crippen molar-refractivity contribution in [1.29, 1.82) is 0 Å². The number of nitrogens with zero attached hydrogens (tertiary/aromatic N) is 6. The first-order valence-electron chi connectivity index (χ1n) is 10.1. The summed E-state index contributed by atoms with van der Waals surface area (Å²) in [5, 5.41) is 7.81. The highest BCUT2D eigenvalue weighted by molar-refractivity contribution is 7.71. The molecule has 0 saturated carbocycles. The Morgan fingerprint density at radius 3 is 2.34 bits per heavy atom. The van der Waals surface area contributed by atoms with Crippen molar-refractivity contribution in [3.63, 3.8) is 0 Å². The van der Waals surface area contributed by atoms with Crippen molar-refractivity contribution in [2.24, 2.45) is 0 Å². The van der Waals surface area contributed by atoms with Crippen LogP contribution in [0.3, 0.4) is 0 Å². The quantitative estimate of drug-likeness (QED) is 0.725. The number of hydrogen-bond acceptors (Lipinski definition) is 6. The third kappa shape index (κ3) is 5.71. The minimum Gasteiger partial charge on any atom is -0.350 e. The van der Waals surface area contributed by atoms with E-state index in [1.165, 1.54) is 0 Å². The first-order chi connectivity index (χ1) is 13.8. The second kappa shape index (κ2) is 9.15. The van der Waals surface area contributed by atoms with Crippen LogP contribution in [0.1, 0.15) is 27.7 Å². The van der Waals surface area contributed by atoms with Crippen molar-refractivity contribution < 1.29 is 4.79 Å². The number of piperazine rings is 1. The third-order valence-electron chi connectivity index (χ3n) is 4.86. The molecule has 0 radical (unpaired) electrons. The molecule has 1 N–H and O–H groups in total. The summed E-state index contributed by atoms with van der Waals surface area (Å²) in [4.78, 5) is 20.8. The van der Waals surface area contributed by atoms with E-state index in [9.17, 15) is 4.79 Å². The lowest BCUT2D eigenvalue weighted by molar-refractivity contribution is -0.124. The fraction of sp³-hybridized carbons (Fsp3) is 0.600. The topological polar surface area (TPSA) is 71.2 Å². The predicted molar refractivity (Wildman–Crippen MR) is 116 cm³/mol. The second-order valence-electron chi connectivity index (χ2n) is 8.42. The van der Waals surface area contributed by atoms with Gasteiger partial charge in [0.25, 0.3) is 0 Å². The number of carbonyl (C=O) groups is 1. The second-order valence-corrected chi connectivity index (χ2v) is 8.78. The smallest absolute Gasteiger partial charge is 0.234 e. The molecule has 2 aromatic rings. The van der Waals surface area contributed by atoms with Gasteiger partial charge in [-0.2, -0.15) is 5.10 Å². The zero-order chi connectivity index (χ0) is 21.0. The van der Waals surface area contributed by atoms with E-state index in [-0.39, 0.29) is 11.4 Å². The minimum atomic E-state index is -0.194. The molecule has 3 rings (SSSR count). The van der Waals surface area contributed by atoms with Crippen LogP contribution >= 0.6 is 12.2 Å². The van der Waals surface area contributed by atoms with Crippen LogP contribution in [0.25, 0.3) is 11.4 Å². The highest BCUT2D eigenvalue weighted by atomic mass is 32.1. The predicted octanol–water partition coefficient (Wildman–Crippen LogP) is 1.99. The Balaban J connectivity index is 1.60. The monoisotopic (exact) mass is 417 g/mol. The van der Waals surface area contributed by atoms with Crippen LogP contribution in [0.4, 0.5) is 0 Å². The highest BCUT2D eigenvalue weighted by Gasteiger charge is 2.22. The molecule has 1 amide bonds.